The molecule has 0 aromatic carbocycles. The number of nitrogens with zero attached hydrogens (tertiary/aromatic N) is 3. The van der Waals surface area contributed by atoms with E-state index in [0.29, 0.717) is 24.2 Å². The Morgan fingerprint density at radius 2 is 2.24 bits per heavy atom. The molecule has 6 nitrogen and oxygen atoms in total. The summed E-state index contributed by atoms with van der Waals surface area (Å²) in [7, 11) is 1.91. The fourth-order valence-electron chi connectivity index (χ4n) is 1.88. The smallest absolute Gasteiger partial charge is 0.348 e. The van der Waals surface area contributed by atoms with Crippen molar-refractivity contribution >= 4 is 17.3 Å². The lowest BCUT2D eigenvalue weighted by atomic mass is 10.2. The predicted molar refractivity (Wildman–Crippen MR) is 80.6 cm³/mol. The van der Waals surface area contributed by atoms with Gasteiger partial charge in [0.2, 0.25) is 0 Å². The van der Waals surface area contributed by atoms with Crippen LogP contribution in [0.2, 0.25) is 0 Å². The number of aromatic nitrogens is 2. The molecule has 0 bridgehead atoms. The molecular weight excluding hydrogens is 290 g/mol. The van der Waals surface area contributed by atoms with Gasteiger partial charge in [0.15, 0.2) is 0 Å². The number of thiazole rings is 1. The average molecular weight is 307 g/mol. The molecule has 0 aliphatic heterocycles. The molecule has 0 saturated heterocycles. The van der Waals surface area contributed by atoms with Gasteiger partial charge in [0.1, 0.15) is 4.88 Å². The standard InChI is InChI=1S/C14H17N3O3S/c1-17(7-8-18)6-4-11-16-12(13(21-11)14(19)20)10-3-2-5-15-9-10/h2-3,5,9,18H,4,6-8H2,1H3,(H,19,20). The molecule has 0 aliphatic rings. The number of carboxylic acid groups (broad SMARTS) is 1. The zero-order valence-corrected chi connectivity index (χ0v) is 12.5. The maximum atomic E-state index is 11.4. The maximum Gasteiger partial charge on any atom is 0.348 e. The summed E-state index contributed by atoms with van der Waals surface area (Å²) in [5.74, 6) is -0.971. The quantitative estimate of drug-likeness (QED) is 0.803. The highest BCUT2D eigenvalue weighted by molar-refractivity contribution is 7.14. The van der Waals surface area contributed by atoms with Gasteiger partial charge in [-0.15, -0.1) is 11.3 Å². The minimum atomic E-state index is -0.971. The van der Waals surface area contributed by atoms with Crippen molar-refractivity contribution in [3.63, 3.8) is 0 Å². The van der Waals surface area contributed by atoms with E-state index in [2.05, 4.69) is 9.97 Å². The summed E-state index contributed by atoms with van der Waals surface area (Å²) in [6, 6.07) is 3.56. The van der Waals surface area contributed by atoms with Crippen LogP contribution in [0.25, 0.3) is 11.3 Å². The number of pyridine rings is 1. The first kappa shape index (κ1) is 15.6. The van der Waals surface area contributed by atoms with E-state index in [1.165, 1.54) is 11.3 Å². The molecule has 0 aliphatic carbocycles. The van der Waals surface area contributed by atoms with Gasteiger partial charge in [-0.3, -0.25) is 4.98 Å². The number of aromatic carboxylic acids is 1. The molecular formula is C14H17N3O3S. The maximum absolute atomic E-state index is 11.4. The van der Waals surface area contributed by atoms with Crippen LogP contribution in [-0.2, 0) is 6.42 Å². The Bertz CT molecular complexity index is 601. The summed E-state index contributed by atoms with van der Waals surface area (Å²) in [6.45, 7) is 1.42. The van der Waals surface area contributed by atoms with Crippen LogP contribution in [0, 0.1) is 0 Å². The molecule has 0 fully saturated rings. The lowest BCUT2D eigenvalue weighted by Gasteiger charge is -2.13. The average Bonchev–Trinajstić information content (AvgIpc) is 2.91. The minimum Gasteiger partial charge on any atom is -0.477 e. The van der Waals surface area contributed by atoms with Gasteiger partial charge in [-0.25, -0.2) is 9.78 Å². The van der Waals surface area contributed by atoms with Gasteiger partial charge in [-0.1, -0.05) is 0 Å². The fraction of sp³-hybridized carbons (Fsp3) is 0.357. The van der Waals surface area contributed by atoms with Gasteiger partial charge in [0.25, 0.3) is 0 Å². The first-order chi connectivity index (χ1) is 10.1. The monoisotopic (exact) mass is 307 g/mol. The first-order valence-corrected chi connectivity index (χ1v) is 7.36. The first-order valence-electron chi connectivity index (χ1n) is 6.54. The van der Waals surface area contributed by atoms with Crippen molar-refractivity contribution in [1.29, 1.82) is 0 Å². The van der Waals surface area contributed by atoms with E-state index >= 15 is 0 Å². The van der Waals surface area contributed by atoms with Crippen LogP contribution in [0.15, 0.2) is 24.5 Å². The predicted octanol–water partition coefficient (Wildman–Crippen LogP) is 1.37. The largest absolute Gasteiger partial charge is 0.477 e. The van der Waals surface area contributed by atoms with Crippen molar-refractivity contribution in [2.75, 3.05) is 26.7 Å². The van der Waals surface area contributed by atoms with Crippen molar-refractivity contribution in [2.45, 2.75) is 6.42 Å². The second-order valence-corrected chi connectivity index (χ2v) is 5.69. The Hall–Kier alpha value is -1.83. The third kappa shape index (κ3) is 4.07. The molecule has 112 valence electrons. The third-order valence-electron chi connectivity index (χ3n) is 2.99. The normalized spacial score (nSPS) is 11.0. The molecule has 0 radical (unpaired) electrons. The van der Waals surface area contributed by atoms with E-state index in [9.17, 15) is 9.90 Å². The van der Waals surface area contributed by atoms with E-state index in [1.807, 2.05) is 11.9 Å². The lowest BCUT2D eigenvalue weighted by molar-refractivity contribution is 0.0702. The van der Waals surface area contributed by atoms with Crippen LogP contribution in [0.1, 0.15) is 14.7 Å². The van der Waals surface area contributed by atoms with Crippen molar-refractivity contribution in [3.8, 4) is 11.3 Å². The van der Waals surface area contributed by atoms with Gasteiger partial charge in [0.05, 0.1) is 17.3 Å². The molecule has 2 rings (SSSR count). The Morgan fingerprint density at radius 3 is 2.86 bits per heavy atom. The highest BCUT2D eigenvalue weighted by Crippen LogP contribution is 2.28. The molecule has 2 N–H and O–H groups in total. The Kier molecular flexibility index (Phi) is 5.38. The lowest BCUT2D eigenvalue weighted by Crippen LogP contribution is -2.24. The topological polar surface area (TPSA) is 86.5 Å². The van der Waals surface area contributed by atoms with E-state index in [4.69, 9.17) is 5.11 Å². The zero-order valence-electron chi connectivity index (χ0n) is 11.7. The van der Waals surface area contributed by atoms with Crippen LogP contribution in [0.3, 0.4) is 0 Å². The summed E-state index contributed by atoms with van der Waals surface area (Å²) < 4.78 is 0. The molecule has 0 unspecified atom stereocenters. The van der Waals surface area contributed by atoms with Crippen molar-refractivity contribution in [2.24, 2.45) is 0 Å². The number of likely N-dealkylation sites (N-methyl/N-ethyl adjacent to an activating group) is 1. The molecule has 0 spiro atoms. The van der Waals surface area contributed by atoms with Crippen molar-refractivity contribution in [1.82, 2.24) is 14.9 Å². The zero-order chi connectivity index (χ0) is 15.2. The van der Waals surface area contributed by atoms with E-state index in [0.717, 1.165) is 11.6 Å². The number of hydrogen-bond donors (Lipinski definition) is 2. The second-order valence-electron chi connectivity index (χ2n) is 4.61. The van der Waals surface area contributed by atoms with E-state index < -0.39 is 5.97 Å². The summed E-state index contributed by atoms with van der Waals surface area (Å²) in [5, 5.41) is 18.9. The number of hydrogen-bond acceptors (Lipinski definition) is 6. The van der Waals surface area contributed by atoms with Gasteiger partial charge in [-0.05, 0) is 19.2 Å². The van der Waals surface area contributed by atoms with E-state index in [-0.39, 0.29) is 11.5 Å². The number of carbonyl (C=O) groups is 1. The number of aliphatic hydroxyl groups is 1. The summed E-state index contributed by atoms with van der Waals surface area (Å²) >= 11 is 1.19. The van der Waals surface area contributed by atoms with Crippen molar-refractivity contribution < 1.29 is 15.0 Å². The summed E-state index contributed by atoms with van der Waals surface area (Å²) in [4.78, 5) is 22.0. The molecule has 0 atom stereocenters. The molecule has 2 aromatic rings. The van der Waals surface area contributed by atoms with Crippen LogP contribution in [0.5, 0.6) is 0 Å². The SMILES string of the molecule is CN(CCO)CCc1nc(-c2cccnc2)c(C(=O)O)s1. The van der Waals surface area contributed by atoms with Gasteiger partial charge in [-0.2, -0.15) is 0 Å². The van der Waals surface area contributed by atoms with Gasteiger partial charge < -0.3 is 15.1 Å². The Labute approximate surface area is 126 Å². The molecule has 0 saturated carbocycles. The van der Waals surface area contributed by atoms with Crippen LogP contribution >= 0.6 is 11.3 Å². The molecule has 21 heavy (non-hydrogen) atoms. The van der Waals surface area contributed by atoms with Gasteiger partial charge >= 0.3 is 5.97 Å². The highest BCUT2D eigenvalue weighted by atomic mass is 32.1. The molecule has 2 aromatic heterocycles. The third-order valence-corrected chi connectivity index (χ3v) is 4.09. The molecule has 0 amide bonds. The van der Waals surface area contributed by atoms with Crippen LogP contribution < -0.4 is 0 Å². The van der Waals surface area contributed by atoms with E-state index in [1.54, 1.807) is 24.5 Å². The number of aliphatic hydroxyl groups excluding tert-OH is 1. The second kappa shape index (κ2) is 7.26. The highest BCUT2D eigenvalue weighted by Gasteiger charge is 2.18. The minimum absolute atomic E-state index is 0.107. The Morgan fingerprint density at radius 1 is 1.43 bits per heavy atom. The summed E-state index contributed by atoms with van der Waals surface area (Å²) in [5.41, 5.74) is 1.18. The fourth-order valence-corrected chi connectivity index (χ4v) is 2.80. The number of carboxylic acids is 1. The van der Waals surface area contributed by atoms with Crippen molar-refractivity contribution in [3.05, 3.63) is 34.4 Å². The summed E-state index contributed by atoms with van der Waals surface area (Å²) in [6.07, 6.45) is 3.91. The van der Waals surface area contributed by atoms with Gasteiger partial charge in [0, 0.05) is 37.5 Å². The van der Waals surface area contributed by atoms with Crippen LogP contribution in [0.4, 0.5) is 0 Å². The Balaban J connectivity index is 2.20. The molecule has 7 heteroatoms. The number of rotatable bonds is 7. The van der Waals surface area contributed by atoms with Crippen LogP contribution in [-0.4, -0.2) is 57.8 Å². The molecule has 2 heterocycles.